The Morgan fingerprint density at radius 3 is 2.52 bits per heavy atom. The van der Waals surface area contributed by atoms with Gasteiger partial charge in [-0.15, -0.1) is 0 Å². The Labute approximate surface area is 169 Å². The van der Waals surface area contributed by atoms with Crippen molar-refractivity contribution < 1.29 is 14.3 Å². The molecule has 148 valence electrons. The summed E-state index contributed by atoms with van der Waals surface area (Å²) in [4.78, 5) is 20.7. The quantitative estimate of drug-likeness (QED) is 0.643. The lowest BCUT2D eigenvalue weighted by atomic mass is 10.2. The highest BCUT2D eigenvalue weighted by Gasteiger charge is 2.16. The number of pyridine rings is 2. The van der Waals surface area contributed by atoms with Crippen LogP contribution < -0.4 is 14.8 Å². The average Bonchev–Trinajstić information content (AvgIpc) is 3.27. The van der Waals surface area contributed by atoms with Crippen LogP contribution in [0.25, 0.3) is 0 Å². The minimum absolute atomic E-state index is 0.149. The summed E-state index contributed by atoms with van der Waals surface area (Å²) in [6.45, 7) is 0.406. The Bertz CT molecular complexity index is 922. The first-order valence-corrected chi connectivity index (χ1v) is 9.84. The molecule has 1 aliphatic carbocycles. The van der Waals surface area contributed by atoms with E-state index in [0.29, 0.717) is 29.5 Å². The zero-order valence-corrected chi connectivity index (χ0v) is 16.1. The van der Waals surface area contributed by atoms with Crippen molar-refractivity contribution in [2.45, 2.75) is 38.3 Å². The zero-order chi connectivity index (χ0) is 19.9. The van der Waals surface area contributed by atoms with Gasteiger partial charge in [0.1, 0.15) is 17.6 Å². The molecule has 3 aromatic rings. The van der Waals surface area contributed by atoms with Gasteiger partial charge in [0.2, 0.25) is 5.88 Å². The first-order chi connectivity index (χ1) is 14.3. The molecule has 0 radical (unpaired) electrons. The standard InChI is InChI=1S/C23H23N3O3/c27-23(18-8-10-20(11-9-18)28-21-6-3-13-24-16-21)26-15-17-7-12-22(25-14-17)29-19-4-1-2-5-19/h3,6-14,16,19H,1-2,4-5,15H2,(H,26,27). The Morgan fingerprint density at radius 1 is 1.00 bits per heavy atom. The molecule has 6 nitrogen and oxygen atoms in total. The van der Waals surface area contributed by atoms with Gasteiger partial charge in [0.15, 0.2) is 0 Å². The summed E-state index contributed by atoms with van der Waals surface area (Å²) in [5, 5.41) is 2.91. The molecule has 1 saturated carbocycles. The maximum absolute atomic E-state index is 12.4. The highest BCUT2D eigenvalue weighted by molar-refractivity contribution is 5.94. The molecule has 1 N–H and O–H groups in total. The van der Waals surface area contributed by atoms with Crippen LogP contribution in [0, 0.1) is 0 Å². The van der Waals surface area contributed by atoms with Gasteiger partial charge in [0.05, 0.1) is 6.20 Å². The van der Waals surface area contributed by atoms with Gasteiger partial charge in [0, 0.05) is 30.6 Å². The largest absolute Gasteiger partial charge is 0.474 e. The van der Waals surface area contributed by atoms with Crippen LogP contribution in [0.5, 0.6) is 17.4 Å². The van der Waals surface area contributed by atoms with Gasteiger partial charge in [-0.1, -0.05) is 6.07 Å². The molecule has 1 fully saturated rings. The fraction of sp³-hybridized carbons (Fsp3) is 0.261. The molecule has 1 aliphatic rings. The van der Waals surface area contributed by atoms with Crippen molar-refractivity contribution >= 4 is 5.91 Å². The molecule has 6 heteroatoms. The van der Waals surface area contributed by atoms with Crippen LogP contribution in [0.2, 0.25) is 0 Å². The number of aromatic nitrogens is 2. The third-order valence-corrected chi connectivity index (χ3v) is 4.83. The van der Waals surface area contributed by atoms with Crippen LogP contribution in [0.15, 0.2) is 67.1 Å². The Morgan fingerprint density at radius 2 is 1.83 bits per heavy atom. The number of nitrogens with one attached hydrogen (secondary N) is 1. The number of amides is 1. The van der Waals surface area contributed by atoms with Crippen molar-refractivity contribution in [3.63, 3.8) is 0 Å². The molecule has 1 aromatic carbocycles. The van der Waals surface area contributed by atoms with E-state index in [1.54, 1.807) is 48.9 Å². The Hall–Kier alpha value is -3.41. The molecule has 2 heterocycles. The number of carbonyl (C=O) groups excluding carboxylic acids is 1. The van der Waals surface area contributed by atoms with Crippen LogP contribution in [0.3, 0.4) is 0 Å². The molecule has 4 rings (SSSR count). The van der Waals surface area contributed by atoms with Crippen molar-refractivity contribution in [3.8, 4) is 17.4 Å². The van der Waals surface area contributed by atoms with Gasteiger partial charge in [-0.3, -0.25) is 9.78 Å². The lowest BCUT2D eigenvalue weighted by Gasteiger charge is -2.12. The highest BCUT2D eigenvalue weighted by atomic mass is 16.5. The van der Waals surface area contributed by atoms with Gasteiger partial charge in [-0.2, -0.15) is 0 Å². The number of nitrogens with zero attached hydrogens (tertiary/aromatic N) is 2. The second-order valence-electron chi connectivity index (χ2n) is 7.03. The van der Waals surface area contributed by atoms with Crippen LogP contribution in [-0.4, -0.2) is 22.0 Å². The summed E-state index contributed by atoms with van der Waals surface area (Å²) in [5.74, 6) is 1.80. The molecule has 0 bridgehead atoms. The predicted molar refractivity (Wildman–Crippen MR) is 109 cm³/mol. The van der Waals surface area contributed by atoms with Gasteiger partial charge < -0.3 is 14.8 Å². The molecule has 29 heavy (non-hydrogen) atoms. The smallest absolute Gasteiger partial charge is 0.251 e. The molecule has 0 aliphatic heterocycles. The van der Waals surface area contributed by atoms with Crippen molar-refractivity contribution in [1.82, 2.24) is 15.3 Å². The summed E-state index contributed by atoms with van der Waals surface area (Å²) in [5.41, 5.74) is 1.49. The second-order valence-corrected chi connectivity index (χ2v) is 7.03. The summed E-state index contributed by atoms with van der Waals surface area (Å²) >= 11 is 0. The molecule has 0 spiro atoms. The number of ether oxygens (including phenoxy) is 2. The van der Waals surface area contributed by atoms with E-state index in [4.69, 9.17) is 9.47 Å². The van der Waals surface area contributed by atoms with Crippen molar-refractivity contribution in [3.05, 3.63) is 78.2 Å². The molecular formula is C23H23N3O3. The molecule has 2 aromatic heterocycles. The van der Waals surface area contributed by atoms with Crippen LogP contribution >= 0.6 is 0 Å². The predicted octanol–water partition coefficient (Wildman–Crippen LogP) is 4.52. The SMILES string of the molecule is O=C(NCc1ccc(OC2CCCC2)nc1)c1ccc(Oc2cccnc2)cc1. The number of hydrogen-bond donors (Lipinski definition) is 1. The summed E-state index contributed by atoms with van der Waals surface area (Å²) in [7, 11) is 0. The van der Waals surface area contributed by atoms with E-state index in [2.05, 4.69) is 15.3 Å². The van der Waals surface area contributed by atoms with E-state index < -0.39 is 0 Å². The number of carbonyl (C=O) groups is 1. The minimum atomic E-state index is -0.149. The molecule has 0 saturated heterocycles. The van der Waals surface area contributed by atoms with Gasteiger partial charge in [0.25, 0.3) is 5.91 Å². The number of rotatable bonds is 7. The fourth-order valence-corrected chi connectivity index (χ4v) is 3.26. The third-order valence-electron chi connectivity index (χ3n) is 4.83. The van der Waals surface area contributed by atoms with E-state index in [9.17, 15) is 4.79 Å². The molecule has 0 atom stereocenters. The lowest BCUT2D eigenvalue weighted by molar-refractivity contribution is 0.0951. The second kappa shape index (κ2) is 9.19. The average molecular weight is 389 g/mol. The van der Waals surface area contributed by atoms with E-state index in [-0.39, 0.29) is 12.0 Å². The van der Waals surface area contributed by atoms with E-state index in [1.807, 2.05) is 18.2 Å². The van der Waals surface area contributed by atoms with E-state index in [1.165, 1.54) is 12.8 Å². The summed E-state index contributed by atoms with van der Waals surface area (Å²) in [6.07, 6.45) is 10.0. The van der Waals surface area contributed by atoms with Crippen molar-refractivity contribution in [1.29, 1.82) is 0 Å². The van der Waals surface area contributed by atoms with Crippen molar-refractivity contribution in [2.24, 2.45) is 0 Å². The summed E-state index contributed by atoms with van der Waals surface area (Å²) < 4.78 is 11.6. The number of hydrogen-bond acceptors (Lipinski definition) is 5. The first kappa shape index (κ1) is 18.9. The maximum Gasteiger partial charge on any atom is 0.251 e. The third kappa shape index (κ3) is 5.31. The topological polar surface area (TPSA) is 73.3 Å². The number of benzene rings is 1. The van der Waals surface area contributed by atoms with Crippen molar-refractivity contribution in [2.75, 3.05) is 0 Å². The summed E-state index contributed by atoms with van der Waals surface area (Å²) in [6, 6.07) is 14.4. The molecule has 0 unspecified atom stereocenters. The van der Waals surface area contributed by atoms with E-state index in [0.717, 1.165) is 18.4 Å². The van der Waals surface area contributed by atoms with Crippen LogP contribution in [-0.2, 0) is 6.54 Å². The lowest BCUT2D eigenvalue weighted by Crippen LogP contribution is -2.22. The Balaban J connectivity index is 1.27. The minimum Gasteiger partial charge on any atom is -0.474 e. The fourth-order valence-electron chi connectivity index (χ4n) is 3.26. The van der Waals surface area contributed by atoms with Crippen LogP contribution in [0.4, 0.5) is 0 Å². The highest BCUT2D eigenvalue weighted by Crippen LogP contribution is 2.23. The van der Waals surface area contributed by atoms with E-state index >= 15 is 0 Å². The normalized spacial score (nSPS) is 13.8. The molecular weight excluding hydrogens is 366 g/mol. The monoisotopic (exact) mass is 389 g/mol. The zero-order valence-electron chi connectivity index (χ0n) is 16.1. The van der Waals surface area contributed by atoms with Gasteiger partial charge in [-0.05, 0) is 67.6 Å². The van der Waals surface area contributed by atoms with Crippen LogP contribution in [0.1, 0.15) is 41.6 Å². The maximum atomic E-state index is 12.4. The van der Waals surface area contributed by atoms with Gasteiger partial charge in [-0.25, -0.2) is 4.98 Å². The first-order valence-electron chi connectivity index (χ1n) is 9.84. The van der Waals surface area contributed by atoms with Gasteiger partial charge >= 0.3 is 0 Å². The Kier molecular flexibility index (Phi) is 6.00. The molecule has 1 amide bonds.